The minimum Gasteiger partial charge on any atom is -0.437 e. The Bertz CT molecular complexity index is 396. The van der Waals surface area contributed by atoms with E-state index in [0.717, 1.165) is 31.9 Å². The molecule has 0 aliphatic heterocycles. The molecular formula is C19H46O4Si3. The molecule has 0 saturated heterocycles. The Morgan fingerprint density at radius 3 is 1.54 bits per heavy atom. The molecule has 0 spiro atoms. The molecule has 0 N–H and O–H groups in total. The molecular weight excluding hydrogens is 376 g/mol. The van der Waals surface area contributed by atoms with Crippen molar-refractivity contribution in [3.63, 3.8) is 0 Å². The summed E-state index contributed by atoms with van der Waals surface area (Å²) in [7, 11) is -3.62. The molecule has 0 bridgehead atoms. The fourth-order valence-electron chi connectivity index (χ4n) is 3.00. The second kappa shape index (κ2) is 9.80. The van der Waals surface area contributed by atoms with Gasteiger partial charge in [-0.05, 0) is 98.8 Å². The Labute approximate surface area is 166 Å². The van der Waals surface area contributed by atoms with Gasteiger partial charge in [0.2, 0.25) is 0 Å². The third-order valence-electron chi connectivity index (χ3n) is 4.20. The Hall–Kier alpha value is 0.491. The normalized spacial score (nSPS) is 14.8. The maximum Gasteiger partial charge on any atom is 0.314 e. The van der Waals surface area contributed by atoms with Crippen LogP contribution in [0.5, 0.6) is 0 Å². The van der Waals surface area contributed by atoms with Crippen molar-refractivity contribution in [1.82, 2.24) is 0 Å². The predicted molar refractivity (Wildman–Crippen MR) is 120 cm³/mol. The van der Waals surface area contributed by atoms with E-state index >= 15 is 0 Å². The number of hydrogen-bond donors (Lipinski definition) is 0. The van der Waals surface area contributed by atoms with Crippen molar-refractivity contribution in [3.05, 3.63) is 0 Å². The molecule has 0 aromatic rings. The van der Waals surface area contributed by atoms with Crippen molar-refractivity contribution in [2.45, 2.75) is 110 Å². The molecule has 26 heavy (non-hydrogen) atoms. The van der Waals surface area contributed by atoms with Gasteiger partial charge in [0.25, 0.3) is 0 Å². The van der Waals surface area contributed by atoms with Gasteiger partial charge < -0.3 is 17.7 Å². The Morgan fingerprint density at radius 2 is 1.15 bits per heavy atom. The van der Waals surface area contributed by atoms with Gasteiger partial charge in [-0.15, -0.1) is 0 Å². The summed E-state index contributed by atoms with van der Waals surface area (Å²) in [4.78, 5) is 0. The van der Waals surface area contributed by atoms with Crippen molar-refractivity contribution in [1.29, 1.82) is 0 Å². The minimum absolute atomic E-state index is 0.127. The van der Waals surface area contributed by atoms with Gasteiger partial charge in [-0.2, -0.15) is 0 Å². The molecule has 7 heteroatoms. The van der Waals surface area contributed by atoms with E-state index in [1.165, 1.54) is 0 Å². The third-order valence-corrected chi connectivity index (χ3v) is 13.8. The van der Waals surface area contributed by atoms with E-state index < -0.39 is 25.2 Å². The average molecular weight is 423 g/mol. The first-order valence-electron chi connectivity index (χ1n) is 9.98. The highest BCUT2D eigenvalue weighted by Crippen LogP contribution is 2.28. The molecule has 0 atom stereocenters. The molecule has 4 nitrogen and oxygen atoms in total. The number of rotatable bonds is 13. The second-order valence-electron chi connectivity index (χ2n) is 10.7. The third kappa shape index (κ3) is 13.6. The number of ether oxygens (including phenoxy) is 2. The first kappa shape index (κ1) is 26.5. The zero-order valence-corrected chi connectivity index (χ0v) is 22.7. The molecule has 0 amide bonds. The van der Waals surface area contributed by atoms with Crippen molar-refractivity contribution in [3.8, 4) is 0 Å². The summed E-state index contributed by atoms with van der Waals surface area (Å²) >= 11 is 0. The van der Waals surface area contributed by atoms with Crippen LogP contribution in [0.25, 0.3) is 0 Å². The summed E-state index contributed by atoms with van der Waals surface area (Å²) in [6, 6.07) is 1.04. The second-order valence-corrected chi connectivity index (χ2v) is 23.6. The van der Waals surface area contributed by atoms with Crippen LogP contribution in [-0.2, 0) is 17.7 Å². The molecule has 0 aromatic carbocycles. The Morgan fingerprint density at radius 1 is 0.692 bits per heavy atom. The summed E-state index contributed by atoms with van der Waals surface area (Å²) in [5.74, 6) is 0. The van der Waals surface area contributed by atoms with Gasteiger partial charge in [0.1, 0.15) is 0 Å². The SMILES string of the molecule is COC(C)(C)CCOC(C)(C)CCC[Si](C)(O[Si](C)(C)C)O[Si](C)(C)C. The molecule has 0 fully saturated rings. The first-order valence-corrected chi connectivity index (χ1v) is 19.3. The van der Waals surface area contributed by atoms with Gasteiger partial charge in [-0.1, -0.05) is 0 Å². The van der Waals surface area contributed by atoms with Crippen molar-refractivity contribution < 1.29 is 17.7 Å². The smallest absolute Gasteiger partial charge is 0.314 e. The molecule has 0 unspecified atom stereocenters. The minimum atomic E-state index is -2.14. The highest BCUT2D eigenvalue weighted by atomic mass is 28.5. The lowest BCUT2D eigenvalue weighted by atomic mass is 10.0. The van der Waals surface area contributed by atoms with E-state index in [9.17, 15) is 0 Å². The fraction of sp³-hybridized carbons (Fsp3) is 1.00. The average Bonchev–Trinajstić information content (AvgIpc) is 2.32. The highest BCUT2D eigenvalue weighted by Gasteiger charge is 2.40. The van der Waals surface area contributed by atoms with Crippen LogP contribution in [0, 0.1) is 0 Å². The van der Waals surface area contributed by atoms with Crippen molar-refractivity contribution >= 4 is 25.2 Å². The Balaban J connectivity index is 4.63. The maximum atomic E-state index is 6.59. The summed E-state index contributed by atoms with van der Waals surface area (Å²) in [5, 5.41) is 0. The number of methoxy groups -OCH3 is 1. The van der Waals surface area contributed by atoms with Crippen LogP contribution in [0.1, 0.15) is 47.0 Å². The Kier molecular flexibility index (Phi) is 9.99. The van der Waals surface area contributed by atoms with Gasteiger partial charge in [-0.25, -0.2) is 0 Å². The predicted octanol–water partition coefficient (Wildman–Crippen LogP) is 6.15. The zero-order valence-electron chi connectivity index (χ0n) is 19.7. The van der Waals surface area contributed by atoms with Gasteiger partial charge in [0.05, 0.1) is 17.8 Å². The van der Waals surface area contributed by atoms with E-state index in [4.69, 9.17) is 17.7 Å². The molecule has 0 aromatic heterocycles. The highest BCUT2D eigenvalue weighted by molar-refractivity contribution is 6.87. The van der Waals surface area contributed by atoms with Crippen LogP contribution < -0.4 is 0 Å². The van der Waals surface area contributed by atoms with Gasteiger partial charge >= 0.3 is 8.56 Å². The van der Waals surface area contributed by atoms with E-state index in [-0.39, 0.29) is 11.2 Å². The zero-order chi connectivity index (χ0) is 20.9. The molecule has 0 rings (SSSR count). The van der Waals surface area contributed by atoms with Crippen molar-refractivity contribution in [2.24, 2.45) is 0 Å². The van der Waals surface area contributed by atoms with Gasteiger partial charge in [-0.3, -0.25) is 0 Å². The fourth-order valence-corrected chi connectivity index (χ4v) is 15.5. The quantitative estimate of drug-likeness (QED) is 0.333. The molecule has 158 valence electrons. The molecule has 0 aliphatic carbocycles. The van der Waals surface area contributed by atoms with Crippen LogP contribution in [-0.4, -0.2) is 50.1 Å². The van der Waals surface area contributed by atoms with E-state index in [2.05, 4.69) is 73.5 Å². The van der Waals surface area contributed by atoms with E-state index in [0.29, 0.717) is 0 Å². The lowest BCUT2D eigenvalue weighted by Crippen LogP contribution is -2.52. The molecule has 0 aliphatic rings. The van der Waals surface area contributed by atoms with Gasteiger partial charge in [0, 0.05) is 7.11 Å². The summed E-state index contributed by atoms with van der Waals surface area (Å²) in [6.07, 6.45) is 3.00. The summed E-state index contributed by atoms with van der Waals surface area (Å²) < 4.78 is 24.8. The molecule has 0 heterocycles. The van der Waals surface area contributed by atoms with E-state index in [1.807, 2.05) is 0 Å². The lowest BCUT2D eigenvalue weighted by molar-refractivity contribution is -0.0613. The molecule has 0 saturated carbocycles. The van der Waals surface area contributed by atoms with E-state index in [1.54, 1.807) is 7.11 Å². The lowest BCUT2D eigenvalue weighted by Gasteiger charge is -2.39. The van der Waals surface area contributed by atoms with Crippen LogP contribution in [0.4, 0.5) is 0 Å². The van der Waals surface area contributed by atoms with Gasteiger partial charge in [0.15, 0.2) is 16.6 Å². The molecule has 0 radical (unpaired) electrons. The standard InChI is InChI=1S/C19H46O4Si3/c1-18(2,20-5)15-16-21-19(3,4)14-13-17-26(12,22-24(6,7)8)23-25(9,10)11/h13-17H2,1-12H3. The van der Waals surface area contributed by atoms with Crippen LogP contribution in [0.15, 0.2) is 0 Å². The largest absolute Gasteiger partial charge is 0.437 e. The first-order chi connectivity index (χ1) is 11.4. The van der Waals surface area contributed by atoms with Crippen LogP contribution in [0.3, 0.4) is 0 Å². The summed E-state index contributed by atoms with van der Waals surface area (Å²) in [5.41, 5.74) is -0.255. The number of hydrogen-bond acceptors (Lipinski definition) is 4. The van der Waals surface area contributed by atoms with Crippen molar-refractivity contribution in [2.75, 3.05) is 13.7 Å². The van der Waals surface area contributed by atoms with Crippen LogP contribution >= 0.6 is 0 Å². The monoisotopic (exact) mass is 422 g/mol. The topological polar surface area (TPSA) is 36.9 Å². The van der Waals surface area contributed by atoms with Crippen LogP contribution in [0.2, 0.25) is 51.9 Å². The summed E-state index contributed by atoms with van der Waals surface area (Å²) in [6.45, 7) is 25.1. The maximum absolute atomic E-state index is 6.59.